The topological polar surface area (TPSA) is 15.3 Å². The molecular weight excluding hydrogens is 220 g/mol. The normalized spacial score (nSPS) is 27.2. The zero-order valence-electron chi connectivity index (χ0n) is 13.0. The van der Waals surface area contributed by atoms with Crippen molar-refractivity contribution in [1.29, 1.82) is 0 Å². The van der Waals surface area contributed by atoms with Gasteiger partial charge in [0.05, 0.1) is 0 Å². The van der Waals surface area contributed by atoms with Gasteiger partial charge < -0.3 is 5.32 Å². The van der Waals surface area contributed by atoms with Crippen molar-refractivity contribution in [3.8, 4) is 0 Å². The highest BCUT2D eigenvalue weighted by molar-refractivity contribution is 4.88. The van der Waals surface area contributed by atoms with Gasteiger partial charge in [-0.2, -0.15) is 0 Å². The number of hydrogen-bond acceptors (Lipinski definition) is 2. The van der Waals surface area contributed by atoms with E-state index in [1.54, 1.807) is 0 Å². The highest BCUT2D eigenvalue weighted by Gasteiger charge is 2.29. The summed E-state index contributed by atoms with van der Waals surface area (Å²) in [6.07, 6.45) is 10.9. The lowest BCUT2D eigenvalue weighted by Crippen LogP contribution is -2.52. The second-order valence-electron chi connectivity index (χ2n) is 5.95. The van der Waals surface area contributed by atoms with Crippen LogP contribution in [0.3, 0.4) is 0 Å². The quantitative estimate of drug-likeness (QED) is 0.695. The van der Waals surface area contributed by atoms with E-state index in [1.165, 1.54) is 57.9 Å². The summed E-state index contributed by atoms with van der Waals surface area (Å²) in [4.78, 5) is 2.80. The van der Waals surface area contributed by atoms with E-state index in [0.717, 1.165) is 12.1 Å². The summed E-state index contributed by atoms with van der Waals surface area (Å²) < 4.78 is 0. The first-order chi connectivity index (χ1) is 8.74. The van der Waals surface area contributed by atoms with Crippen molar-refractivity contribution in [2.24, 2.45) is 0 Å². The van der Waals surface area contributed by atoms with E-state index in [2.05, 4.69) is 38.0 Å². The molecule has 0 spiro atoms. The molecule has 0 aliphatic heterocycles. The van der Waals surface area contributed by atoms with Crippen LogP contribution in [-0.4, -0.2) is 36.6 Å². The largest absolute Gasteiger partial charge is 0.315 e. The van der Waals surface area contributed by atoms with Crippen LogP contribution in [-0.2, 0) is 0 Å². The average molecular weight is 254 g/mol. The first-order valence-corrected chi connectivity index (χ1v) is 8.17. The molecule has 0 heterocycles. The molecular formula is C16H34N2. The Hall–Kier alpha value is -0.0800. The number of nitrogens with zero attached hydrogens (tertiary/aromatic N) is 1. The zero-order valence-corrected chi connectivity index (χ0v) is 13.0. The Morgan fingerprint density at radius 2 is 1.89 bits per heavy atom. The van der Waals surface area contributed by atoms with Crippen LogP contribution in [0.2, 0.25) is 0 Å². The van der Waals surface area contributed by atoms with E-state index < -0.39 is 0 Å². The third kappa shape index (κ3) is 4.55. The molecule has 18 heavy (non-hydrogen) atoms. The molecule has 1 rings (SSSR count). The number of likely N-dealkylation sites (N-methyl/N-ethyl adjacent to an activating group) is 1. The van der Waals surface area contributed by atoms with Crippen molar-refractivity contribution in [3.63, 3.8) is 0 Å². The van der Waals surface area contributed by atoms with Crippen LogP contribution in [0.4, 0.5) is 0 Å². The molecule has 1 aliphatic carbocycles. The Kier molecular flexibility index (Phi) is 7.92. The lowest BCUT2D eigenvalue weighted by atomic mass is 9.98. The second kappa shape index (κ2) is 8.92. The van der Waals surface area contributed by atoms with E-state index in [1.807, 2.05) is 0 Å². The third-order valence-corrected chi connectivity index (χ3v) is 4.70. The molecule has 1 N–H and O–H groups in total. The monoisotopic (exact) mass is 254 g/mol. The Bertz CT molecular complexity index is 205. The molecule has 0 saturated heterocycles. The number of rotatable bonds is 7. The van der Waals surface area contributed by atoms with E-state index in [4.69, 9.17) is 0 Å². The molecule has 0 aromatic rings. The highest BCUT2D eigenvalue weighted by atomic mass is 15.2. The van der Waals surface area contributed by atoms with Crippen LogP contribution >= 0.6 is 0 Å². The molecule has 2 nitrogen and oxygen atoms in total. The van der Waals surface area contributed by atoms with Crippen molar-refractivity contribution in [1.82, 2.24) is 10.2 Å². The molecule has 1 saturated carbocycles. The molecule has 1 fully saturated rings. The van der Waals surface area contributed by atoms with Crippen LogP contribution in [0, 0.1) is 0 Å². The van der Waals surface area contributed by atoms with Gasteiger partial charge in [-0.3, -0.25) is 4.90 Å². The molecule has 0 radical (unpaired) electrons. The fraction of sp³-hybridized carbons (Fsp3) is 1.00. The number of hydrogen-bond donors (Lipinski definition) is 1. The SMILES string of the molecule is CCCCN(C(C)CC)C1CCCCCC1NC. The van der Waals surface area contributed by atoms with Gasteiger partial charge in [0.15, 0.2) is 0 Å². The van der Waals surface area contributed by atoms with Crippen molar-refractivity contribution < 1.29 is 0 Å². The Labute approximate surface area is 115 Å². The van der Waals surface area contributed by atoms with Gasteiger partial charge in [-0.05, 0) is 46.2 Å². The maximum Gasteiger partial charge on any atom is 0.0252 e. The number of nitrogens with one attached hydrogen (secondary N) is 1. The average Bonchev–Trinajstić information content (AvgIpc) is 2.64. The van der Waals surface area contributed by atoms with E-state index in [-0.39, 0.29) is 0 Å². The predicted octanol–water partition coefficient (Wildman–Crippen LogP) is 3.81. The fourth-order valence-electron chi connectivity index (χ4n) is 3.31. The first kappa shape index (κ1) is 16.0. The summed E-state index contributed by atoms with van der Waals surface area (Å²) >= 11 is 0. The third-order valence-electron chi connectivity index (χ3n) is 4.70. The minimum Gasteiger partial charge on any atom is -0.315 e. The molecule has 1 aliphatic rings. The molecule has 0 amide bonds. The molecule has 3 unspecified atom stereocenters. The van der Waals surface area contributed by atoms with Crippen LogP contribution in [0.1, 0.15) is 72.1 Å². The lowest BCUT2D eigenvalue weighted by Gasteiger charge is -2.40. The van der Waals surface area contributed by atoms with Gasteiger partial charge in [-0.1, -0.05) is 39.5 Å². The summed E-state index contributed by atoms with van der Waals surface area (Å²) in [5.41, 5.74) is 0. The Balaban J connectivity index is 2.71. The summed E-state index contributed by atoms with van der Waals surface area (Å²) in [7, 11) is 2.15. The van der Waals surface area contributed by atoms with Crippen molar-refractivity contribution in [3.05, 3.63) is 0 Å². The van der Waals surface area contributed by atoms with Gasteiger partial charge in [0, 0.05) is 18.1 Å². The van der Waals surface area contributed by atoms with Crippen molar-refractivity contribution >= 4 is 0 Å². The van der Waals surface area contributed by atoms with Gasteiger partial charge in [-0.15, -0.1) is 0 Å². The smallest absolute Gasteiger partial charge is 0.0252 e. The zero-order chi connectivity index (χ0) is 13.4. The standard InChI is InChI=1S/C16H34N2/c1-5-7-13-18(14(3)6-2)16-12-10-8-9-11-15(16)17-4/h14-17H,5-13H2,1-4H3. The van der Waals surface area contributed by atoms with Crippen molar-refractivity contribution in [2.45, 2.75) is 90.3 Å². The van der Waals surface area contributed by atoms with E-state index in [9.17, 15) is 0 Å². The minimum absolute atomic E-state index is 0.707. The second-order valence-corrected chi connectivity index (χ2v) is 5.95. The molecule has 0 bridgehead atoms. The predicted molar refractivity (Wildman–Crippen MR) is 81.1 cm³/mol. The van der Waals surface area contributed by atoms with Crippen LogP contribution in [0.5, 0.6) is 0 Å². The maximum absolute atomic E-state index is 3.59. The van der Waals surface area contributed by atoms with Gasteiger partial charge in [0.25, 0.3) is 0 Å². The molecule has 0 aromatic carbocycles. The molecule has 108 valence electrons. The summed E-state index contributed by atoms with van der Waals surface area (Å²) in [6, 6.07) is 2.20. The van der Waals surface area contributed by atoms with Crippen LogP contribution in [0.25, 0.3) is 0 Å². The molecule has 3 atom stereocenters. The lowest BCUT2D eigenvalue weighted by molar-refractivity contribution is 0.103. The van der Waals surface area contributed by atoms with Gasteiger partial charge in [0.1, 0.15) is 0 Å². The number of unbranched alkanes of at least 4 members (excludes halogenated alkanes) is 1. The van der Waals surface area contributed by atoms with E-state index >= 15 is 0 Å². The summed E-state index contributed by atoms with van der Waals surface area (Å²) in [5, 5.41) is 3.59. The Morgan fingerprint density at radius 3 is 2.50 bits per heavy atom. The van der Waals surface area contributed by atoms with Gasteiger partial charge in [0.2, 0.25) is 0 Å². The fourth-order valence-corrected chi connectivity index (χ4v) is 3.31. The van der Waals surface area contributed by atoms with E-state index in [0.29, 0.717) is 6.04 Å². The Morgan fingerprint density at radius 1 is 1.17 bits per heavy atom. The van der Waals surface area contributed by atoms with Crippen LogP contribution < -0.4 is 5.32 Å². The van der Waals surface area contributed by atoms with Crippen LogP contribution in [0.15, 0.2) is 0 Å². The highest BCUT2D eigenvalue weighted by Crippen LogP contribution is 2.25. The summed E-state index contributed by atoms with van der Waals surface area (Å²) in [6.45, 7) is 8.33. The first-order valence-electron chi connectivity index (χ1n) is 8.17. The molecule has 0 aromatic heterocycles. The minimum atomic E-state index is 0.707. The van der Waals surface area contributed by atoms with Gasteiger partial charge in [-0.25, -0.2) is 0 Å². The summed E-state index contributed by atoms with van der Waals surface area (Å²) in [5.74, 6) is 0. The van der Waals surface area contributed by atoms with Crippen molar-refractivity contribution in [2.75, 3.05) is 13.6 Å². The van der Waals surface area contributed by atoms with Gasteiger partial charge >= 0.3 is 0 Å². The maximum atomic E-state index is 3.59. The molecule has 2 heteroatoms.